The first-order chi connectivity index (χ1) is 10.1. The number of amides is 1. The van der Waals surface area contributed by atoms with Gasteiger partial charge in [0.05, 0.1) is 0 Å². The lowest BCUT2D eigenvalue weighted by Crippen LogP contribution is -2.39. The zero-order valence-corrected chi connectivity index (χ0v) is 12.0. The fourth-order valence-corrected chi connectivity index (χ4v) is 2.91. The molecule has 0 radical (unpaired) electrons. The van der Waals surface area contributed by atoms with Crippen LogP contribution in [0.1, 0.15) is 43.6 Å². The molecule has 2 heterocycles. The van der Waals surface area contributed by atoms with Crippen LogP contribution < -0.4 is 0 Å². The third-order valence-corrected chi connectivity index (χ3v) is 4.33. The standard InChI is InChI=1S/C16H19NO4/c1-10-9-12(10)14-6-4-11(21-14)5-7-15(18)17-8-2-3-13(17)16(19)20/h4-7,10,12-13H,2-3,8-9H2,1H3,(H,19,20)/b7-5-/t10-,12-,13-/m1/s1. The summed E-state index contributed by atoms with van der Waals surface area (Å²) in [5.74, 6) is 1.60. The van der Waals surface area contributed by atoms with E-state index in [-0.39, 0.29) is 5.91 Å². The van der Waals surface area contributed by atoms with Gasteiger partial charge < -0.3 is 14.4 Å². The van der Waals surface area contributed by atoms with Crippen molar-refractivity contribution < 1.29 is 19.1 Å². The van der Waals surface area contributed by atoms with Crippen molar-refractivity contribution in [3.8, 4) is 0 Å². The zero-order valence-electron chi connectivity index (χ0n) is 12.0. The third kappa shape index (κ3) is 2.86. The molecule has 1 aliphatic carbocycles. The summed E-state index contributed by atoms with van der Waals surface area (Å²) in [6.45, 7) is 2.69. The van der Waals surface area contributed by atoms with Gasteiger partial charge in [-0.05, 0) is 43.4 Å². The van der Waals surface area contributed by atoms with Crippen LogP contribution in [-0.4, -0.2) is 34.5 Å². The second-order valence-corrected chi connectivity index (χ2v) is 5.92. The average Bonchev–Trinajstić information content (AvgIpc) is 2.90. The SMILES string of the molecule is C[C@@H]1C[C@H]1c1ccc(/C=C\C(=O)N2CCC[C@@H]2C(=O)O)o1. The van der Waals surface area contributed by atoms with Crippen LogP contribution in [-0.2, 0) is 9.59 Å². The largest absolute Gasteiger partial charge is 0.480 e. The van der Waals surface area contributed by atoms with Gasteiger partial charge in [0.15, 0.2) is 0 Å². The molecule has 1 amide bonds. The van der Waals surface area contributed by atoms with Crippen molar-refractivity contribution >= 4 is 18.0 Å². The highest BCUT2D eigenvalue weighted by molar-refractivity contribution is 5.94. The minimum Gasteiger partial charge on any atom is -0.480 e. The molecule has 3 rings (SSSR count). The van der Waals surface area contributed by atoms with Crippen LogP contribution in [0.3, 0.4) is 0 Å². The highest BCUT2D eigenvalue weighted by atomic mass is 16.4. The van der Waals surface area contributed by atoms with Crippen molar-refractivity contribution in [3.05, 3.63) is 29.7 Å². The Kier molecular flexibility index (Phi) is 3.57. The van der Waals surface area contributed by atoms with E-state index in [1.54, 1.807) is 6.08 Å². The van der Waals surface area contributed by atoms with E-state index in [2.05, 4.69) is 6.92 Å². The molecule has 5 heteroatoms. The summed E-state index contributed by atoms with van der Waals surface area (Å²) in [7, 11) is 0. The molecule has 5 nitrogen and oxygen atoms in total. The first-order valence-corrected chi connectivity index (χ1v) is 7.37. The quantitative estimate of drug-likeness (QED) is 0.864. The van der Waals surface area contributed by atoms with Gasteiger partial charge in [-0.1, -0.05) is 6.92 Å². The second-order valence-electron chi connectivity index (χ2n) is 5.92. The molecule has 0 aromatic carbocycles. The molecule has 1 N–H and O–H groups in total. The Hall–Kier alpha value is -2.04. The van der Waals surface area contributed by atoms with Crippen LogP contribution in [0.2, 0.25) is 0 Å². The minimum atomic E-state index is -0.933. The molecular weight excluding hydrogens is 270 g/mol. The predicted molar refractivity (Wildman–Crippen MR) is 76.6 cm³/mol. The molecule has 1 saturated carbocycles. The predicted octanol–water partition coefficient (Wildman–Crippen LogP) is 2.49. The molecule has 112 valence electrons. The summed E-state index contributed by atoms with van der Waals surface area (Å²) >= 11 is 0. The van der Waals surface area contributed by atoms with Crippen molar-refractivity contribution in [1.29, 1.82) is 0 Å². The highest BCUT2D eigenvalue weighted by Gasteiger charge is 2.36. The van der Waals surface area contributed by atoms with Crippen LogP contribution >= 0.6 is 0 Å². The molecule has 1 aromatic rings. The van der Waals surface area contributed by atoms with Gasteiger partial charge in [-0.25, -0.2) is 4.79 Å². The van der Waals surface area contributed by atoms with E-state index in [0.717, 1.165) is 18.6 Å². The Balaban J connectivity index is 1.64. The molecule has 21 heavy (non-hydrogen) atoms. The summed E-state index contributed by atoms with van der Waals surface area (Å²) in [5.41, 5.74) is 0. The fourth-order valence-electron chi connectivity index (χ4n) is 2.91. The topological polar surface area (TPSA) is 70.8 Å². The molecule has 1 aromatic heterocycles. The fraction of sp³-hybridized carbons (Fsp3) is 0.500. The highest BCUT2D eigenvalue weighted by Crippen LogP contribution is 2.47. The van der Waals surface area contributed by atoms with Crippen molar-refractivity contribution in [2.45, 2.75) is 38.1 Å². The lowest BCUT2D eigenvalue weighted by atomic mass is 10.2. The van der Waals surface area contributed by atoms with Crippen LogP contribution in [0.25, 0.3) is 6.08 Å². The Morgan fingerprint density at radius 3 is 2.86 bits per heavy atom. The Morgan fingerprint density at radius 1 is 1.43 bits per heavy atom. The number of hydrogen-bond acceptors (Lipinski definition) is 3. The molecule has 0 bridgehead atoms. The maximum Gasteiger partial charge on any atom is 0.326 e. The van der Waals surface area contributed by atoms with Crippen LogP contribution in [0.5, 0.6) is 0 Å². The summed E-state index contributed by atoms with van der Waals surface area (Å²) in [5, 5.41) is 9.08. The van der Waals surface area contributed by atoms with Crippen LogP contribution in [0.15, 0.2) is 22.6 Å². The molecule has 3 atom stereocenters. The Bertz CT molecular complexity index is 589. The van der Waals surface area contributed by atoms with Crippen LogP contribution in [0, 0.1) is 5.92 Å². The van der Waals surface area contributed by atoms with E-state index in [0.29, 0.717) is 30.6 Å². The summed E-state index contributed by atoms with van der Waals surface area (Å²) < 4.78 is 5.69. The van der Waals surface area contributed by atoms with Crippen LogP contribution in [0.4, 0.5) is 0 Å². The number of furan rings is 1. The average molecular weight is 289 g/mol. The normalized spacial score (nSPS) is 28.2. The number of carboxylic acids is 1. The number of carbonyl (C=O) groups excluding carboxylic acids is 1. The third-order valence-electron chi connectivity index (χ3n) is 4.33. The van der Waals surface area contributed by atoms with E-state index in [9.17, 15) is 9.59 Å². The second kappa shape index (κ2) is 5.39. The van der Waals surface area contributed by atoms with Gasteiger partial charge in [0.2, 0.25) is 5.91 Å². The van der Waals surface area contributed by atoms with Gasteiger partial charge in [0.1, 0.15) is 17.6 Å². The molecule has 1 aliphatic heterocycles. The van der Waals surface area contributed by atoms with E-state index in [4.69, 9.17) is 9.52 Å². The number of likely N-dealkylation sites (tertiary alicyclic amines) is 1. The van der Waals surface area contributed by atoms with E-state index in [1.807, 2.05) is 12.1 Å². The van der Waals surface area contributed by atoms with Crippen molar-refractivity contribution in [3.63, 3.8) is 0 Å². The summed E-state index contributed by atoms with van der Waals surface area (Å²) in [6, 6.07) is 3.11. The maximum atomic E-state index is 12.1. The first-order valence-electron chi connectivity index (χ1n) is 7.37. The molecule has 1 saturated heterocycles. The monoisotopic (exact) mass is 289 g/mol. The lowest BCUT2D eigenvalue weighted by Gasteiger charge is -2.19. The smallest absolute Gasteiger partial charge is 0.326 e. The van der Waals surface area contributed by atoms with Gasteiger partial charge in [0, 0.05) is 18.5 Å². The molecular formula is C16H19NO4. The summed E-state index contributed by atoms with van der Waals surface area (Å²) in [6.07, 6.45) is 5.44. The number of aliphatic carboxylic acids is 1. The number of carboxylic acid groups (broad SMARTS) is 1. The van der Waals surface area contributed by atoms with Gasteiger partial charge in [0.25, 0.3) is 0 Å². The molecule has 0 unspecified atom stereocenters. The van der Waals surface area contributed by atoms with Gasteiger partial charge in [-0.3, -0.25) is 4.79 Å². The number of carbonyl (C=O) groups is 2. The number of nitrogens with zero attached hydrogens (tertiary/aromatic N) is 1. The number of rotatable bonds is 4. The first kappa shape index (κ1) is 13.9. The van der Waals surface area contributed by atoms with Crippen molar-refractivity contribution in [2.75, 3.05) is 6.54 Å². The van der Waals surface area contributed by atoms with E-state index >= 15 is 0 Å². The maximum absolute atomic E-state index is 12.1. The van der Waals surface area contributed by atoms with Gasteiger partial charge in [-0.15, -0.1) is 0 Å². The van der Waals surface area contributed by atoms with E-state index in [1.165, 1.54) is 11.0 Å². The van der Waals surface area contributed by atoms with Crippen molar-refractivity contribution in [1.82, 2.24) is 4.90 Å². The molecule has 0 spiro atoms. The Labute approximate surface area is 123 Å². The van der Waals surface area contributed by atoms with Gasteiger partial charge >= 0.3 is 5.97 Å². The molecule has 2 fully saturated rings. The van der Waals surface area contributed by atoms with Gasteiger partial charge in [-0.2, -0.15) is 0 Å². The Morgan fingerprint density at radius 2 is 2.19 bits per heavy atom. The number of hydrogen-bond donors (Lipinski definition) is 1. The molecule has 2 aliphatic rings. The lowest BCUT2D eigenvalue weighted by molar-refractivity contribution is -0.146. The van der Waals surface area contributed by atoms with Crippen molar-refractivity contribution in [2.24, 2.45) is 5.92 Å². The minimum absolute atomic E-state index is 0.266. The van der Waals surface area contributed by atoms with E-state index < -0.39 is 12.0 Å². The summed E-state index contributed by atoms with van der Waals surface area (Å²) in [4.78, 5) is 24.6. The zero-order chi connectivity index (χ0) is 15.0.